The van der Waals surface area contributed by atoms with Crippen molar-refractivity contribution in [2.24, 2.45) is 11.8 Å². The molecular formula is C14H22O2. The highest BCUT2D eigenvalue weighted by atomic mass is 16.5. The van der Waals surface area contributed by atoms with Gasteiger partial charge >= 0.3 is 5.97 Å². The minimum atomic E-state index is -0.111. The average molecular weight is 222 g/mol. The van der Waals surface area contributed by atoms with Gasteiger partial charge in [0.15, 0.2) is 0 Å². The molecule has 0 aliphatic heterocycles. The van der Waals surface area contributed by atoms with E-state index in [2.05, 4.69) is 12.7 Å². The molecule has 90 valence electrons. The largest absolute Gasteiger partial charge is 0.458 e. The van der Waals surface area contributed by atoms with Crippen LogP contribution in [0.1, 0.15) is 40.5 Å². The Morgan fingerprint density at radius 1 is 1.56 bits per heavy atom. The van der Waals surface area contributed by atoms with Crippen LogP contribution in [0.15, 0.2) is 23.8 Å². The number of rotatable bonds is 3. The molecule has 0 radical (unpaired) electrons. The minimum absolute atomic E-state index is 0.0506. The predicted molar refractivity (Wildman–Crippen MR) is 66.0 cm³/mol. The first-order valence-corrected chi connectivity index (χ1v) is 5.94. The quantitative estimate of drug-likeness (QED) is 0.539. The number of ether oxygens (including phenoxy) is 1. The van der Waals surface area contributed by atoms with Crippen LogP contribution in [0.5, 0.6) is 0 Å². The van der Waals surface area contributed by atoms with Crippen molar-refractivity contribution >= 4 is 5.97 Å². The second-order valence-corrected chi connectivity index (χ2v) is 5.04. The van der Waals surface area contributed by atoms with E-state index in [9.17, 15) is 4.79 Å². The lowest BCUT2D eigenvalue weighted by molar-refractivity contribution is -0.151. The molecule has 0 aromatic carbocycles. The summed E-state index contributed by atoms with van der Waals surface area (Å²) in [4.78, 5) is 11.6. The van der Waals surface area contributed by atoms with Crippen LogP contribution in [0.3, 0.4) is 0 Å². The Morgan fingerprint density at radius 3 is 2.69 bits per heavy atom. The molecule has 1 aliphatic rings. The van der Waals surface area contributed by atoms with E-state index in [1.54, 1.807) is 0 Å². The molecule has 2 nitrogen and oxygen atoms in total. The topological polar surface area (TPSA) is 26.3 Å². The maximum atomic E-state index is 11.6. The Kier molecular flexibility index (Phi) is 4.34. The number of esters is 1. The van der Waals surface area contributed by atoms with Crippen molar-refractivity contribution in [1.82, 2.24) is 0 Å². The van der Waals surface area contributed by atoms with Crippen molar-refractivity contribution in [2.45, 2.75) is 46.6 Å². The predicted octanol–water partition coefficient (Wildman–Crippen LogP) is 3.49. The average Bonchev–Trinajstić information content (AvgIpc) is 2.20. The molecule has 0 spiro atoms. The first-order chi connectivity index (χ1) is 7.41. The van der Waals surface area contributed by atoms with Crippen molar-refractivity contribution in [3.63, 3.8) is 0 Å². The standard InChI is InChI=1S/C14H22O2/c1-9(2)12-7-6-11(5)13(8-12)16-14(15)10(3)4/h6,10,12-13H,1,7-8H2,2-5H3/t12-,13-/m0/s1. The molecule has 0 saturated heterocycles. The SMILES string of the molecule is C=C(C)[C@H]1CC=C(C)[C@@H](OC(=O)C(C)C)C1. The van der Waals surface area contributed by atoms with Crippen molar-refractivity contribution < 1.29 is 9.53 Å². The molecule has 0 fully saturated rings. The molecule has 0 saturated carbocycles. The normalized spacial score (nSPS) is 25.2. The highest BCUT2D eigenvalue weighted by molar-refractivity contribution is 5.72. The van der Waals surface area contributed by atoms with Gasteiger partial charge in [0.05, 0.1) is 5.92 Å². The maximum Gasteiger partial charge on any atom is 0.308 e. The van der Waals surface area contributed by atoms with E-state index in [4.69, 9.17) is 4.74 Å². The van der Waals surface area contributed by atoms with E-state index in [-0.39, 0.29) is 18.0 Å². The van der Waals surface area contributed by atoms with Gasteiger partial charge in [-0.25, -0.2) is 0 Å². The Balaban J connectivity index is 2.65. The summed E-state index contributed by atoms with van der Waals surface area (Å²) in [5.41, 5.74) is 2.35. The molecule has 0 bridgehead atoms. The van der Waals surface area contributed by atoms with Gasteiger partial charge in [0.2, 0.25) is 0 Å². The molecule has 0 N–H and O–H groups in total. The van der Waals surface area contributed by atoms with Gasteiger partial charge in [-0.2, -0.15) is 0 Å². The number of carbonyl (C=O) groups is 1. The molecular weight excluding hydrogens is 200 g/mol. The molecule has 0 unspecified atom stereocenters. The molecule has 2 heteroatoms. The van der Waals surface area contributed by atoms with E-state index < -0.39 is 0 Å². The fraction of sp³-hybridized carbons (Fsp3) is 0.643. The lowest BCUT2D eigenvalue weighted by Gasteiger charge is -2.29. The zero-order chi connectivity index (χ0) is 12.3. The lowest BCUT2D eigenvalue weighted by Crippen LogP contribution is -2.27. The van der Waals surface area contributed by atoms with Crippen LogP contribution in [-0.4, -0.2) is 12.1 Å². The fourth-order valence-corrected chi connectivity index (χ4v) is 1.82. The van der Waals surface area contributed by atoms with Crippen molar-refractivity contribution in [1.29, 1.82) is 0 Å². The number of hydrogen-bond acceptors (Lipinski definition) is 2. The first kappa shape index (κ1) is 13.0. The van der Waals surface area contributed by atoms with E-state index in [1.165, 1.54) is 11.1 Å². The van der Waals surface area contributed by atoms with Gasteiger partial charge in [-0.1, -0.05) is 32.1 Å². The third-order valence-electron chi connectivity index (χ3n) is 3.16. The number of allylic oxidation sites excluding steroid dienone is 2. The van der Waals surface area contributed by atoms with Crippen LogP contribution < -0.4 is 0 Å². The zero-order valence-corrected chi connectivity index (χ0v) is 10.7. The van der Waals surface area contributed by atoms with Crippen LogP contribution in [0.2, 0.25) is 0 Å². The van der Waals surface area contributed by atoms with Gasteiger partial charge < -0.3 is 4.74 Å². The maximum absolute atomic E-state index is 11.6. The highest BCUT2D eigenvalue weighted by Crippen LogP contribution is 2.30. The summed E-state index contributed by atoms with van der Waals surface area (Å²) in [7, 11) is 0. The third kappa shape index (κ3) is 3.22. The Hall–Kier alpha value is -1.05. The van der Waals surface area contributed by atoms with Crippen molar-refractivity contribution in [3.05, 3.63) is 23.8 Å². The van der Waals surface area contributed by atoms with Crippen LogP contribution in [0.4, 0.5) is 0 Å². The summed E-state index contributed by atoms with van der Waals surface area (Å²) in [6.45, 7) is 11.8. The van der Waals surface area contributed by atoms with Gasteiger partial charge in [-0.15, -0.1) is 0 Å². The minimum Gasteiger partial charge on any atom is -0.458 e. The van der Waals surface area contributed by atoms with Crippen LogP contribution >= 0.6 is 0 Å². The summed E-state index contributed by atoms with van der Waals surface area (Å²) in [5, 5.41) is 0. The van der Waals surface area contributed by atoms with Gasteiger partial charge in [0.25, 0.3) is 0 Å². The van der Waals surface area contributed by atoms with Gasteiger partial charge in [-0.3, -0.25) is 4.79 Å². The fourth-order valence-electron chi connectivity index (χ4n) is 1.82. The van der Waals surface area contributed by atoms with Crippen LogP contribution in [0.25, 0.3) is 0 Å². The highest BCUT2D eigenvalue weighted by Gasteiger charge is 2.26. The molecule has 0 aromatic rings. The third-order valence-corrected chi connectivity index (χ3v) is 3.16. The molecule has 0 amide bonds. The summed E-state index contributed by atoms with van der Waals surface area (Å²) in [5.74, 6) is 0.284. The van der Waals surface area contributed by atoms with Crippen molar-refractivity contribution in [3.8, 4) is 0 Å². The first-order valence-electron chi connectivity index (χ1n) is 5.94. The second-order valence-electron chi connectivity index (χ2n) is 5.04. The van der Waals surface area contributed by atoms with E-state index in [0.29, 0.717) is 5.92 Å². The summed E-state index contributed by atoms with van der Waals surface area (Å²) in [6, 6.07) is 0. The zero-order valence-electron chi connectivity index (χ0n) is 10.7. The summed E-state index contributed by atoms with van der Waals surface area (Å²) < 4.78 is 5.50. The van der Waals surface area contributed by atoms with Gasteiger partial charge in [0, 0.05) is 0 Å². The van der Waals surface area contributed by atoms with Gasteiger partial charge in [0.1, 0.15) is 6.10 Å². The van der Waals surface area contributed by atoms with E-state index in [0.717, 1.165) is 12.8 Å². The summed E-state index contributed by atoms with van der Waals surface area (Å²) in [6.07, 6.45) is 4.03. The molecule has 16 heavy (non-hydrogen) atoms. The van der Waals surface area contributed by atoms with Gasteiger partial charge in [-0.05, 0) is 38.2 Å². The molecule has 1 aliphatic carbocycles. The molecule has 0 aromatic heterocycles. The van der Waals surface area contributed by atoms with E-state index in [1.807, 2.05) is 27.7 Å². The lowest BCUT2D eigenvalue weighted by atomic mass is 9.84. The Bertz CT molecular complexity index is 313. The Morgan fingerprint density at radius 2 is 2.19 bits per heavy atom. The van der Waals surface area contributed by atoms with Crippen molar-refractivity contribution in [2.75, 3.05) is 0 Å². The van der Waals surface area contributed by atoms with Crippen LogP contribution in [-0.2, 0) is 9.53 Å². The number of hydrogen-bond donors (Lipinski definition) is 0. The summed E-state index contributed by atoms with van der Waals surface area (Å²) >= 11 is 0. The molecule has 0 heterocycles. The van der Waals surface area contributed by atoms with Crippen LogP contribution in [0, 0.1) is 11.8 Å². The monoisotopic (exact) mass is 222 g/mol. The second kappa shape index (κ2) is 5.33. The Labute approximate surface area is 98.4 Å². The van der Waals surface area contributed by atoms with E-state index >= 15 is 0 Å². The number of carbonyl (C=O) groups excluding carboxylic acids is 1. The molecule has 2 atom stereocenters. The smallest absolute Gasteiger partial charge is 0.308 e. The molecule has 1 rings (SSSR count).